The van der Waals surface area contributed by atoms with Gasteiger partial charge in [0.15, 0.2) is 4.67 Å². The van der Waals surface area contributed by atoms with Gasteiger partial charge in [0, 0.05) is 12.6 Å². The van der Waals surface area contributed by atoms with Crippen LogP contribution in [0.4, 0.5) is 0 Å². The molecule has 1 aromatic rings. The van der Waals surface area contributed by atoms with Gasteiger partial charge >= 0.3 is 5.97 Å². The first kappa shape index (κ1) is 14.5. The number of hydrogen-bond donors (Lipinski definition) is 0. The van der Waals surface area contributed by atoms with Crippen molar-refractivity contribution in [3.05, 3.63) is 28.6 Å². The van der Waals surface area contributed by atoms with E-state index in [9.17, 15) is 9.59 Å². The Hall–Kier alpha value is -1.56. The number of furan rings is 1. The first-order valence-corrected chi connectivity index (χ1v) is 6.15. The molecule has 98 valence electrons. The number of esters is 1. The fourth-order valence-corrected chi connectivity index (χ4v) is 1.56. The zero-order valence-corrected chi connectivity index (χ0v) is 11.8. The zero-order chi connectivity index (χ0) is 13.5. The second-order valence-electron chi connectivity index (χ2n) is 3.40. The van der Waals surface area contributed by atoms with E-state index in [0.29, 0.717) is 17.0 Å². The maximum atomic E-state index is 11.8. The number of ether oxygens (including phenoxy) is 1. The van der Waals surface area contributed by atoms with Crippen LogP contribution >= 0.6 is 15.9 Å². The van der Waals surface area contributed by atoms with Crippen molar-refractivity contribution >= 4 is 33.9 Å². The SMILES string of the molecule is CCN(CC(=O)OC)C(=O)C=Cc1ccc(Br)o1. The minimum Gasteiger partial charge on any atom is -0.468 e. The summed E-state index contributed by atoms with van der Waals surface area (Å²) in [6.07, 6.45) is 2.91. The average molecular weight is 316 g/mol. The number of methoxy groups -OCH3 is 1. The van der Waals surface area contributed by atoms with Crippen LogP contribution in [0.2, 0.25) is 0 Å². The summed E-state index contributed by atoms with van der Waals surface area (Å²) >= 11 is 3.17. The van der Waals surface area contributed by atoms with Crippen molar-refractivity contribution < 1.29 is 18.7 Å². The molecule has 0 aromatic carbocycles. The van der Waals surface area contributed by atoms with Crippen LogP contribution < -0.4 is 0 Å². The predicted octanol–water partition coefficient (Wildman–Crippen LogP) is 2.08. The highest BCUT2D eigenvalue weighted by atomic mass is 79.9. The van der Waals surface area contributed by atoms with Gasteiger partial charge in [-0.1, -0.05) is 0 Å². The normalized spacial score (nSPS) is 10.6. The maximum Gasteiger partial charge on any atom is 0.325 e. The summed E-state index contributed by atoms with van der Waals surface area (Å²) in [5.41, 5.74) is 0. The van der Waals surface area contributed by atoms with Crippen LogP contribution in [-0.2, 0) is 14.3 Å². The number of carbonyl (C=O) groups is 2. The van der Waals surface area contributed by atoms with Gasteiger partial charge in [-0.05, 0) is 41.1 Å². The molecule has 0 unspecified atom stereocenters. The highest BCUT2D eigenvalue weighted by Gasteiger charge is 2.13. The summed E-state index contributed by atoms with van der Waals surface area (Å²) in [5, 5.41) is 0. The van der Waals surface area contributed by atoms with Crippen molar-refractivity contribution in [1.82, 2.24) is 4.90 Å². The fourth-order valence-electron chi connectivity index (χ4n) is 1.24. The van der Waals surface area contributed by atoms with Crippen LogP contribution in [0.5, 0.6) is 0 Å². The van der Waals surface area contributed by atoms with Gasteiger partial charge in [0.2, 0.25) is 5.91 Å². The molecule has 0 saturated carbocycles. The lowest BCUT2D eigenvalue weighted by Crippen LogP contribution is -2.34. The molecular weight excluding hydrogens is 302 g/mol. The Balaban J connectivity index is 2.62. The van der Waals surface area contributed by atoms with Crippen LogP contribution in [0, 0.1) is 0 Å². The summed E-state index contributed by atoms with van der Waals surface area (Å²) in [6, 6.07) is 3.46. The van der Waals surface area contributed by atoms with Crippen molar-refractivity contribution in [3.63, 3.8) is 0 Å². The molecule has 18 heavy (non-hydrogen) atoms. The molecule has 1 amide bonds. The largest absolute Gasteiger partial charge is 0.468 e. The number of rotatable bonds is 5. The number of nitrogens with zero attached hydrogens (tertiary/aromatic N) is 1. The third-order valence-electron chi connectivity index (χ3n) is 2.23. The van der Waals surface area contributed by atoms with E-state index in [1.54, 1.807) is 25.1 Å². The quantitative estimate of drug-likeness (QED) is 0.616. The van der Waals surface area contributed by atoms with Crippen LogP contribution in [0.25, 0.3) is 6.08 Å². The van der Waals surface area contributed by atoms with Gasteiger partial charge in [-0.15, -0.1) is 0 Å². The van der Waals surface area contributed by atoms with E-state index in [-0.39, 0.29) is 12.5 Å². The summed E-state index contributed by atoms with van der Waals surface area (Å²) in [4.78, 5) is 24.3. The van der Waals surface area contributed by atoms with Gasteiger partial charge in [-0.3, -0.25) is 9.59 Å². The van der Waals surface area contributed by atoms with Gasteiger partial charge in [0.25, 0.3) is 0 Å². The second-order valence-corrected chi connectivity index (χ2v) is 4.19. The van der Waals surface area contributed by atoms with Crippen molar-refractivity contribution in [2.24, 2.45) is 0 Å². The Morgan fingerprint density at radius 2 is 2.22 bits per heavy atom. The third-order valence-corrected chi connectivity index (χ3v) is 2.65. The number of carbonyl (C=O) groups excluding carboxylic acids is 2. The first-order valence-electron chi connectivity index (χ1n) is 5.36. The molecule has 0 aliphatic heterocycles. The van der Waals surface area contributed by atoms with Crippen molar-refractivity contribution in [1.29, 1.82) is 0 Å². The maximum absolute atomic E-state index is 11.8. The minimum absolute atomic E-state index is 0.0575. The third kappa shape index (κ3) is 4.37. The summed E-state index contributed by atoms with van der Waals surface area (Å²) in [7, 11) is 1.29. The van der Waals surface area contributed by atoms with E-state index in [2.05, 4.69) is 20.7 Å². The van der Waals surface area contributed by atoms with Crippen LogP contribution in [0.15, 0.2) is 27.3 Å². The van der Waals surface area contributed by atoms with Crippen molar-refractivity contribution in [2.75, 3.05) is 20.2 Å². The molecule has 0 radical (unpaired) electrons. The number of likely N-dealkylation sites (N-methyl/N-ethyl adjacent to an activating group) is 1. The minimum atomic E-state index is -0.445. The Morgan fingerprint density at radius 3 is 2.72 bits per heavy atom. The number of halogens is 1. The van der Waals surface area contributed by atoms with Gasteiger partial charge in [0.1, 0.15) is 12.3 Å². The van der Waals surface area contributed by atoms with Crippen molar-refractivity contribution in [2.45, 2.75) is 6.92 Å². The Bertz CT molecular complexity index is 453. The summed E-state index contributed by atoms with van der Waals surface area (Å²) in [6.45, 7) is 2.16. The molecule has 0 bridgehead atoms. The molecule has 0 spiro atoms. The molecule has 1 aromatic heterocycles. The van der Waals surface area contributed by atoms with Crippen molar-refractivity contribution in [3.8, 4) is 0 Å². The average Bonchev–Trinajstić information content (AvgIpc) is 2.78. The molecule has 5 nitrogen and oxygen atoms in total. The van der Waals surface area contributed by atoms with Crippen LogP contribution in [0.3, 0.4) is 0 Å². The summed E-state index contributed by atoms with van der Waals surface area (Å²) in [5.74, 6) is -0.154. The smallest absolute Gasteiger partial charge is 0.325 e. The van der Waals surface area contributed by atoms with Gasteiger partial charge in [-0.2, -0.15) is 0 Å². The summed E-state index contributed by atoms with van der Waals surface area (Å²) < 4.78 is 10.3. The van der Waals surface area contributed by atoms with Crippen LogP contribution in [-0.4, -0.2) is 37.0 Å². The Morgan fingerprint density at radius 1 is 1.50 bits per heavy atom. The second kappa shape index (κ2) is 7.00. The van der Waals surface area contributed by atoms with E-state index in [1.165, 1.54) is 18.1 Å². The lowest BCUT2D eigenvalue weighted by Gasteiger charge is -2.16. The highest BCUT2D eigenvalue weighted by molar-refractivity contribution is 9.10. The molecule has 0 N–H and O–H groups in total. The first-order chi connectivity index (χ1) is 8.56. The lowest BCUT2D eigenvalue weighted by atomic mass is 10.3. The molecule has 0 aliphatic rings. The molecule has 6 heteroatoms. The van der Waals surface area contributed by atoms with E-state index in [0.717, 1.165) is 0 Å². The standard InChI is InChI=1S/C12H14BrNO4/c1-3-14(8-12(16)17-2)11(15)7-5-9-4-6-10(13)18-9/h4-7H,3,8H2,1-2H3. The Labute approximate surface area is 114 Å². The molecule has 0 saturated heterocycles. The van der Waals surface area contributed by atoms with Gasteiger partial charge < -0.3 is 14.1 Å². The topological polar surface area (TPSA) is 59.8 Å². The van der Waals surface area contributed by atoms with Gasteiger partial charge in [0.05, 0.1) is 7.11 Å². The highest BCUT2D eigenvalue weighted by Crippen LogP contribution is 2.15. The van der Waals surface area contributed by atoms with Gasteiger partial charge in [-0.25, -0.2) is 0 Å². The molecule has 0 fully saturated rings. The van der Waals surface area contributed by atoms with E-state index in [1.807, 2.05) is 0 Å². The predicted molar refractivity (Wildman–Crippen MR) is 69.7 cm³/mol. The van der Waals surface area contributed by atoms with E-state index >= 15 is 0 Å². The number of amides is 1. The Kier molecular flexibility index (Phi) is 5.64. The van der Waals surface area contributed by atoms with E-state index in [4.69, 9.17) is 4.42 Å². The molecular formula is C12H14BrNO4. The monoisotopic (exact) mass is 315 g/mol. The van der Waals surface area contributed by atoms with E-state index < -0.39 is 5.97 Å². The molecule has 0 aliphatic carbocycles. The lowest BCUT2D eigenvalue weighted by molar-refractivity contribution is -0.145. The fraction of sp³-hybridized carbons (Fsp3) is 0.333. The number of hydrogen-bond acceptors (Lipinski definition) is 4. The molecule has 1 rings (SSSR count). The molecule has 0 atom stereocenters. The zero-order valence-electron chi connectivity index (χ0n) is 10.2. The molecule has 1 heterocycles. The van der Waals surface area contributed by atoms with Crippen LogP contribution in [0.1, 0.15) is 12.7 Å².